The Kier molecular flexibility index (Phi) is 4.73. The van der Waals surface area contributed by atoms with Gasteiger partial charge >= 0.3 is 0 Å². The molecule has 0 bridgehead atoms. The van der Waals surface area contributed by atoms with Gasteiger partial charge in [-0.2, -0.15) is 0 Å². The second-order valence-electron chi connectivity index (χ2n) is 6.33. The Balaban J connectivity index is 1.80. The van der Waals surface area contributed by atoms with Gasteiger partial charge in [-0.3, -0.25) is 0 Å². The Hall–Kier alpha value is -2.63. The van der Waals surface area contributed by atoms with E-state index < -0.39 is 0 Å². The standard InChI is InChI=1S/C21H21N3OS/c1-14(12-25-2)22-21-24-18(13-26-21)19-16-10-6-7-11-17(16)23-20(19)15-8-4-3-5-9-15/h3-11,13-14,23H,12H2,1-2H3,(H,22,24)/t14-/m1/s1. The number of hydrogen-bond acceptors (Lipinski definition) is 4. The molecule has 0 radical (unpaired) electrons. The van der Waals surface area contributed by atoms with Gasteiger partial charge in [0.05, 0.1) is 18.0 Å². The molecule has 26 heavy (non-hydrogen) atoms. The average Bonchev–Trinajstić information content (AvgIpc) is 3.26. The predicted octanol–water partition coefficient (Wildman–Crippen LogP) is 5.41. The summed E-state index contributed by atoms with van der Waals surface area (Å²) in [6.45, 7) is 2.74. The second kappa shape index (κ2) is 7.32. The number of aromatic nitrogens is 2. The van der Waals surface area contributed by atoms with Crippen LogP contribution in [0.25, 0.3) is 33.4 Å². The molecule has 0 fully saturated rings. The molecule has 0 aliphatic carbocycles. The summed E-state index contributed by atoms with van der Waals surface area (Å²) in [6.07, 6.45) is 0. The molecule has 0 saturated heterocycles. The third kappa shape index (κ3) is 3.23. The topological polar surface area (TPSA) is 49.9 Å². The molecule has 2 N–H and O–H groups in total. The zero-order chi connectivity index (χ0) is 17.9. The third-order valence-corrected chi connectivity index (χ3v) is 5.09. The largest absolute Gasteiger partial charge is 0.383 e. The number of para-hydroxylation sites is 1. The third-order valence-electron chi connectivity index (χ3n) is 4.32. The first-order valence-corrected chi connectivity index (χ1v) is 9.51. The van der Waals surface area contributed by atoms with Crippen molar-refractivity contribution < 1.29 is 4.74 Å². The highest BCUT2D eigenvalue weighted by molar-refractivity contribution is 7.14. The van der Waals surface area contributed by atoms with Crippen LogP contribution >= 0.6 is 11.3 Å². The number of fused-ring (bicyclic) bond motifs is 1. The zero-order valence-corrected chi connectivity index (χ0v) is 15.6. The van der Waals surface area contributed by atoms with Gasteiger partial charge in [0.15, 0.2) is 5.13 Å². The SMILES string of the molecule is COC[C@@H](C)Nc1nc(-c2c(-c3ccccc3)[nH]c3ccccc23)cs1. The molecule has 4 aromatic rings. The number of ether oxygens (including phenoxy) is 1. The van der Waals surface area contributed by atoms with Crippen molar-refractivity contribution in [3.63, 3.8) is 0 Å². The summed E-state index contributed by atoms with van der Waals surface area (Å²) in [4.78, 5) is 8.42. The minimum atomic E-state index is 0.218. The Morgan fingerprint density at radius 1 is 1.12 bits per heavy atom. The van der Waals surface area contributed by atoms with Crippen LogP contribution in [0, 0.1) is 0 Å². The van der Waals surface area contributed by atoms with Gasteiger partial charge in [-0.1, -0.05) is 48.5 Å². The summed E-state index contributed by atoms with van der Waals surface area (Å²) in [5, 5.41) is 7.62. The molecule has 2 heterocycles. The van der Waals surface area contributed by atoms with Crippen molar-refractivity contribution in [2.45, 2.75) is 13.0 Å². The van der Waals surface area contributed by atoms with E-state index in [4.69, 9.17) is 9.72 Å². The number of aromatic amines is 1. The highest BCUT2D eigenvalue weighted by Gasteiger charge is 2.17. The number of hydrogen-bond donors (Lipinski definition) is 2. The Morgan fingerprint density at radius 3 is 2.69 bits per heavy atom. The maximum Gasteiger partial charge on any atom is 0.183 e. The molecular weight excluding hydrogens is 342 g/mol. The normalized spacial score (nSPS) is 12.4. The van der Waals surface area contributed by atoms with Gasteiger partial charge in [0, 0.05) is 35.0 Å². The van der Waals surface area contributed by atoms with Crippen LogP contribution in [-0.4, -0.2) is 29.7 Å². The van der Waals surface area contributed by atoms with Crippen molar-refractivity contribution in [3.05, 3.63) is 60.0 Å². The number of anilines is 1. The summed E-state index contributed by atoms with van der Waals surface area (Å²) in [5.74, 6) is 0. The fraction of sp³-hybridized carbons (Fsp3) is 0.190. The lowest BCUT2D eigenvalue weighted by Gasteiger charge is -2.10. The van der Waals surface area contributed by atoms with Crippen LogP contribution in [0.15, 0.2) is 60.0 Å². The van der Waals surface area contributed by atoms with Crippen LogP contribution in [0.3, 0.4) is 0 Å². The Morgan fingerprint density at radius 2 is 1.88 bits per heavy atom. The molecule has 0 unspecified atom stereocenters. The molecule has 0 saturated carbocycles. The number of nitrogens with zero attached hydrogens (tertiary/aromatic N) is 1. The molecular formula is C21H21N3OS. The molecule has 0 spiro atoms. The van der Waals surface area contributed by atoms with E-state index in [2.05, 4.69) is 71.1 Å². The van der Waals surface area contributed by atoms with Crippen LogP contribution in [0.2, 0.25) is 0 Å². The van der Waals surface area contributed by atoms with Crippen molar-refractivity contribution in [1.29, 1.82) is 0 Å². The highest BCUT2D eigenvalue weighted by Crippen LogP contribution is 2.39. The molecule has 0 amide bonds. The van der Waals surface area contributed by atoms with Crippen molar-refractivity contribution in [2.24, 2.45) is 0 Å². The first-order chi connectivity index (χ1) is 12.8. The van der Waals surface area contributed by atoms with Gasteiger partial charge < -0.3 is 15.0 Å². The number of methoxy groups -OCH3 is 1. The second-order valence-corrected chi connectivity index (χ2v) is 7.18. The molecule has 4 rings (SSSR count). The van der Waals surface area contributed by atoms with E-state index in [0.717, 1.165) is 33.2 Å². The highest BCUT2D eigenvalue weighted by atomic mass is 32.1. The van der Waals surface area contributed by atoms with E-state index in [1.807, 2.05) is 6.07 Å². The molecule has 0 aliphatic heterocycles. The van der Waals surface area contributed by atoms with Crippen molar-refractivity contribution in [1.82, 2.24) is 9.97 Å². The Labute approximate surface area is 156 Å². The number of thiazole rings is 1. The van der Waals surface area contributed by atoms with Crippen LogP contribution in [0.5, 0.6) is 0 Å². The summed E-state index contributed by atoms with van der Waals surface area (Å²) in [7, 11) is 1.71. The molecule has 2 aromatic carbocycles. The Bertz CT molecular complexity index is 1010. The van der Waals surface area contributed by atoms with Gasteiger partial charge in [0.1, 0.15) is 0 Å². The first kappa shape index (κ1) is 16.8. The van der Waals surface area contributed by atoms with E-state index in [1.165, 1.54) is 5.39 Å². The zero-order valence-electron chi connectivity index (χ0n) is 14.8. The average molecular weight is 363 g/mol. The first-order valence-electron chi connectivity index (χ1n) is 8.63. The number of H-pyrrole nitrogens is 1. The fourth-order valence-corrected chi connectivity index (χ4v) is 4.00. The quantitative estimate of drug-likeness (QED) is 0.482. The molecule has 2 aromatic heterocycles. The van der Waals surface area contributed by atoms with Gasteiger partial charge in [0.25, 0.3) is 0 Å². The number of nitrogens with one attached hydrogen (secondary N) is 2. The van der Waals surface area contributed by atoms with Crippen molar-refractivity contribution >= 4 is 27.4 Å². The molecule has 4 nitrogen and oxygen atoms in total. The van der Waals surface area contributed by atoms with Crippen LogP contribution < -0.4 is 5.32 Å². The van der Waals surface area contributed by atoms with Crippen LogP contribution in [-0.2, 0) is 4.74 Å². The van der Waals surface area contributed by atoms with Crippen LogP contribution in [0.4, 0.5) is 5.13 Å². The van der Waals surface area contributed by atoms with Gasteiger partial charge in [-0.25, -0.2) is 4.98 Å². The summed E-state index contributed by atoms with van der Waals surface area (Å²) >= 11 is 1.62. The maximum absolute atomic E-state index is 5.20. The lowest BCUT2D eigenvalue weighted by atomic mass is 10.0. The van der Waals surface area contributed by atoms with Gasteiger partial charge in [0.2, 0.25) is 0 Å². The monoisotopic (exact) mass is 363 g/mol. The van der Waals surface area contributed by atoms with Crippen molar-refractivity contribution in [3.8, 4) is 22.5 Å². The lowest BCUT2D eigenvalue weighted by Crippen LogP contribution is -2.20. The van der Waals surface area contributed by atoms with Crippen LogP contribution in [0.1, 0.15) is 6.92 Å². The van der Waals surface area contributed by atoms with Crippen molar-refractivity contribution in [2.75, 3.05) is 19.0 Å². The summed E-state index contributed by atoms with van der Waals surface area (Å²) in [5.41, 5.74) is 5.52. The number of rotatable bonds is 6. The van der Waals surface area contributed by atoms with E-state index >= 15 is 0 Å². The van der Waals surface area contributed by atoms with Gasteiger partial charge in [-0.15, -0.1) is 11.3 Å². The minimum Gasteiger partial charge on any atom is -0.383 e. The predicted molar refractivity (Wildman–Crippen MR) is 110 cm³/mol. The molecule has 1 atom stereocenters. The summed E-state index contributed by atoms with van der Waals surface area (Å²) in [6, 6.07) is 19.0. The van der Waals surface area contributed by atoms with Gasteiger partial charge in [-0.05, 0) is 18.6 Å². The molecule has 5 heteroatoms. The van der Waals surface area contributed by atoms with E-state index in [1.54, 1.807) is 18.4 Å². The smallest absolute Gasteiger partial charge is 0.183 e. The molecule has 0 aliphatic rings. The maximum atomic E-state index is 5.20. The van der Waals surface area contributed by atoms with E-state index in [-0.39, 0.29) is 6.04 Å². The van der Waals surface area contributed by atoms with E-state index in [9.17, 15) is 0 Å². The lowest BCUT2D eigenvalue weighted by molar-refractivity contribution is 0.190. The summed E-state index contributed by atoms with van der Waals surface area (Å²) < 4.78 is 5.20. The minimum absolute atomic E-state index is 0.218. The fourth-order valence-electron chi connectivity index (χ4n) is 3.19. The number of benzene rings is 2. The van der Waals surface area contributed by atoms with E-state index in [0.29, 0.717) is 6.61 Å². The molecule has 132 valence electrons.